The van der Waals surface area contributed by atoms with Crippen molar-refractivity contribution in [3.8, 4) is 5.75 Å². The van der Waals surface area contributed by atoms with Gasteiger partial charge in [0, 0.05) is 16.7 Å². The lowest BCUT2D eigenvalue weighted by Gasteiger charge is -2.13. The molecule has 2 aromatic rings. The lowest BCUT2D eigenvalue weighted by Crippen LogP contribution is -2.17. The van der Waals surface area contributed by atoms with Crippen LogP contribution in [0.25, 0.3) is 0 Å². The molecule has 1 aromatic carbocycles. The predicted molar refractivity (Wildman–Crippen MR) is 84.8 cm³/mol. The van der Waals surface area contributed by atoms with Crippen molar-refractivity contribution < 1.29 is 4.74 Å². The number of hydrogen-bond acceptors (Lipinski definition) is 3. The van der Waals surface area contributed by atoms with Crippen LogP contribution in [0.15, 0.2) is 47.1 Å². The highest BCUT2D eigenvalue weighted by molar-refractivity contribution is 9.10. The summed E-state index contributed by atoms with van der Waals surface area (Å²) in [5.74, 6) is 0.863. The summed E-state index contributed by atoms with van der Waals surface area (Å²) >= 11 is 3.37. The van der Waals surface area contributed by atoms with E-state index in [1.807, 2.05) is 24.3 Å². The van der Waals surface area contributed by atoms with E-state index in [2.05, 4.69) is 52.2 Å². The van der Waals surface area contributed by atoms with E-state index in [4.69, 9.17) is 4.74 Å². The van der Waals surface area contributed by atoms with E-state index in [1.165, 1.54) is 5.56 Å². The summed E-state index contributed by atoms with van der Waals surface area (Å²) in [4.78, 5) is 4.28. The first-order valence-corrected chi connectivity index (χ1v) is 7.55. The van der Waals surface area contributed by atoms with Crippen LogP contribution in [0, 0.1) is 0 Å². The molecule has 0 radical (unpaired) electrons. The number of hydrogen-bond donors (Lipinski definition) is 1. The second kappa shape index (κ2) is 7.41. The molecule has 4 heteroatoms. The zero-order valence-corrected chi connectivity index (χ0v) is 13.4. The number of pyridine rings is 1. The Morgan fingerprint density at radius 1 is 1.20 bits per heavy atom. The molecule has 0 saturated carbocycles. The first-order valence-electron chi connectivity index (χ1n) is 6.75. The molecule has 0 aliphatic heterocycles. The molecule has 1 aromatic heterocycles. The maximum absolute atomic E-state index is 5.73. The van der Waals surface area contributed by atoms with Gasteiger partial charge in [-0.3, -0.25) is 4.98 Å². The Morgan fingerprint density at radius 3 is 2.55 bits per heavy atom. The molecule has 1 atom stereocenters. The molecule has 0 saturated heterocycles. The van der Waals surface area contributed by atoms with Crippen molar-refractivity contribution in [3.63, 3.8) is 0 Å². The third kappa shape index (κ3) is 4.32. The van der Waals surface area contributed by atoms with Gasteiger partial charge < -0.3 is 10.1 Å². The average Bonchev–Trinajstić information content (AvgIpc) is 2.47. The van der Waals surface area contributed by atoms with Crippen LogP contribution in [0.4, 0.5) is 0 Å². The highest BCUT2D eigenvalue weighted by Gasteiger charge is 2.03. The third-order valence-corrected chi connectivity index (χ3v) is 3.53. The lowest BCUT2D eigenvalue weighted by atomic mass is 10.1. The van der Waals surface area contributed by atoms with Crippen LogP contribution in [0.1, 0.15) is 31.1 Å². The number of halogens is 1. The van der Waals surface area contributed by atoms with Gasteiger partial charge in [0.15, 0.2) is 0 Å². The predicted octanol–water partition coefficient (Wildman–Crippen LogP) is 4.09. The second-order valence-corrected chi connectivity index (χ2v) is 5.52. The molecule has 20 heavy (non-hydrogen) atoms. The van der Waals surface area contributed by atoms with E-state index >= 15 is 0 Å². The summed E-state index contributed by atoms with van der Waals surface area (Å²) in [7, 11) is 0. The maximum Gasteiger partial charge on any atom is 0.130 e. The number of aromatic nitrogens is 1. The van der Waals surface area contributed by atoms with E-state index in [-0.39, 0.29) is 0 Å². The van der Waals surface area contributed by atoms with Crippen molar-refractivity contribution in [1.29, 1.82) is 0 Å². The van der Waals surface area contributed by atoms with E-state index < -0.39 is 0 Å². The Balaban J connectivity index is 1.92. The standard InChI is InChI=1S/C16H19BrN2O/c1-3-18-12(2)13-4-8-16(9-5-13)20-11-15-7-6-14(17)10-19-15/h4-10,12,18H,3,11H2,1-2H3. The van der Waals surface area contributed by atoms with Gasteiger partial charge in [-0.05, 0) is 59.2 Å². The highest BCUT2D eigenvalue weighted by Crippen LogP contribution is 2.18. The summed E-state index contributed by atoms with van der Waals surface area (Å²) < 4.78 is 6.70. The van der Waals surface area contributed by atoms with Crippen LogP contribution in [0.2, 0.25) is 0 Å². The van der Waals surface area contributed by atoms with Gasteiger partial charge in [0.25, 0.3) is 0 Å². The van der Waals surface area contributed by atoms with Crippen molar-refractivity contribution in [3.05, 3.63) is 58.3 Å². The first-order chi connectivity index (χ1) is 9.69. The molecule has 1 heterocycles. The second-order valence-electron chi connectivity index (χ2n) is 4.60. The largest absolute Gasteiger partial charge is 0.487 e. The summed E-state index contributed by atoms with van der Waals surface area (Å²) in [5.41, 5.74) is 2.18. The van der Waals surface area contributed by atoms with Crippen LogP contribution in [-0.2, 0) is 6.61 Å². The molecule has 2 rings (SSSR count). The maximum atomic E-state index is 5.73. The Kier molecular flexibility index (Phi) is 5.56. The van der Waals surface area contributed by atoms with Crippen LogP contribution in [-0.4, -0.2) is 11.5 Å². The topological polar surface area (TPSA) is 34.1 Å². The molecule has 0 bridgehead atoms. The van der Waals surface area contributed by atoms with E-state index in [0.717, 1.165) is 22.5 Å². The molecule has 106 valence electrons. The van der Waals surface area contributed by atoms with Gasteiger partial charge in [0.1, 0.15) is 12.4 Å². The fraction of sp³-hybridized carbons (Fsp3) is 0.312. The normalized spacial score (nSPS) is 12.2. The Labute approximate surface area is 128 Å². The number of benzene rings is 1. The molecule has 0 aliphatic carbocycles. The van der Waals surface area contributed by atoms with Crippen LogP contribution >= 0.6 is 15.9 Å². The number of rotatable bonds is 6. The summed E-state index contributed by atoms with van der Waals surface area (Å²) in [6.45, 7) is 5.72. The molecule has 0 amide bonds. The van der Waals surface area contributed by atoms with E-state index in [0.29, 0.717) is 12.6 Å². The number of nitrogens with one attached hydrogen (secondary N) is 1. The van der Waals surface area contributed by atoms with Crippen molar-refractivity contribution in [1.82, 2.24) is 10.3 Å². The minimum Gasteiger partial charge on any atom is -0.487 e. The monoisotopic (exact) mass is 334 g/mol. The van der Waals surface area contributed by atoms with Crippen molar-refractivity contribution >= 4 is 15.9 Å². The zero-order valence-electron chi connectivity index (χ0n) is 11.8. The minimum absolute atomic E-state index is 0.363. The van der Waals surface area contributed by atoms with E-state index in [9.17, 15) is 0 Å². The Hall–Kier alpha value is -1.39. The van der Waals surface area contributed by atoms with Gasteiger partial charge >= 0.3 is 0 Å². The molecular weight excluding hydrogens is 316 g/mol. The van der Waals surface area contributed by atoms with Crippen LogP contribution in [0.3, 0.4) is 0 Å². The van der Waals surface area contributed by atoms with Crippen molar-refractivity contribution in [2.45, 2.75) is 26.5 Å². The summed E-state index contributed by atoms with van der Waals surface area (Å²) in [5, 5.41) is 3.39. The van der Waals surface area contributed by atoms with Gasteiger partial charge in [-0.25, -0.2) is 0 Å². The first kappa shape index (κ1) is 15.0. The lowest BCUT2D eigenvalue weighted by molar-refractivity contribution is 0.301. The van der Waals surface area contributed by atoms with Crippen molar-refractivity contribution in [2.24, 2.45) is 0 Å². The van der Waals surface area contributed by atoms with Gasteiger partial charge in [-0.15, -0.1) is 0 Å². The van der Waals surface area contributed by atoms with Gasteiger partial charge in [0.05, 0.1) is 5.69 Å². The minimum atomic E-state index is 0.363. The third-order valence-electron chi connectivity index (χ3n) is 3.07. The van der Waals surface area contributed by atoms with Gasteiger partial charge in [0.2, 0.25) is 0 Å². The molecule has 1 unspecified atom stereocenters. The molecule has 1 N–H and O–H groups in total. The number of nitrogens with zero attached hydrogens (tertiary/aromatic N) is 1. The fourth-order valence-corrected chi connectivity index (χ4v) is 2.16. The van der Waals surface area contributed by atoms with Crippen LogP contribution in [0.5, 0.6) is 5.75 Å². The number of ether oxygens (including phenoxy) is 1. The highest BCUT2D eigenvalue weighted by atomic mass is 79.9. The zero-order chi connectivity index (χ0) is 14.4. The molecular formula is C16H19BrN2O. The SMILES string of the molecule is CCNC(C)c1ccc(OCc2ccc(Br)cn2)cc1. The quantitative estimate of drug-likeness (QED) is 0.863. The summed E-state index contributed by atoms with van der Waals surface area (Å²) in [6.07, 6.45) is 1.78. The van der Waals surface area contributed by atoms with Gasteiger partial charge in [-0.1, -0.05) is 19.1 Å². The van der Waals surface area contributed by atoms with Gasteiger partial charge in [-0.2, -0.15) is 0 Å². The Morgan fingerprint density at radius 2 is 1.95 bits per heavy atom. The molecule has 0 aliphatic rings. The fourth-order valence-electron chi connectivity index (χ4n) is 1.93. The Bertz CT molecular complexity index is 525. The summed E-state index contributed by atoms with van der Waals surface area (Å²) in [6, 6.07) is 12.5. The smallest absolute Gasteiger partial charge is 0.130 e. The van der Waals surface area contributed by atoms with E-state index in [1.54, 1.807) is 6.20 Å². The van der Waals surface area contributed by atoms with Crippen LogP contribution < -0.4 is 10.1 Å². The molecule has 0 spiro atoms. The molecule has 3 nitrogen and oxygen atoms in total. The van der Waals surface area contributed by atoms with Crippen molar-refractivity contribution in [2.75, 3.05) is 6.54 Å². The average molecular weight is 335 g/mol. The molecule has 0 fully saturated rings.